The number of anilines is 2. The van der Waals surface area contributed by atoms with Gasteiger partial charge in [-0.3, -0.25) is 4.79 Å². The van der Waals surface area contributed by atoms with Crippen LogP contribution in [0.4, 0.5) is 11.5 Å². The van der Waals surface area contributed by atoms with Gasteiger partial charge in [-0.25, -0.2) is 9.97 Å². The van der Waals surface area contributed by atoms with Crippen LogP contribution in [0, 0.1) is 6.92 Å². The third kappa shape index (κ3) is 4.02. The minimum Gasteiger partial charge on any atom is -0.340 e. The van der Waals surface area contributed by atoms with Crippen LogP contribution in [0.1, 0.15) is 35.5 Å². The molecule has 1 aromatic carbocycles. The summed E-state index contributed by atoms with van der Waals surface area (Å²) < 4.78 is 0. The van der Waals surface area contributed by atoms with Gasteiger partial charge in [-0.15, -0.1) is 0 Å². The lowest BCUT2D eigenvalue weighted by Gasteiger charge is -2.33. The molecule has 1 amide bonds. The number of aryl methyl sites for hydroxylation is 2. The first-order valence-corrected chi connectivity index (χ1v) is 9.31. The fraction of sp³-hybridized carbons (Fsp3) is 0.450. The molecule has 1 aliphatic heterocycles. The average Bonchev–Trinajstić information content (AvgIpc) is 2.69. The van der Waals surface area contributed by atoms with Gasteiger partial charge in [-0.05, 0) is 31.0 Å². The number of piperazine rings is 1. The maximum absolute atomic E-state index is 12.8. The van der Waals surface area contributed by atoms with Crippen LogP contribution in [0.25, 0.3) is 0 Å². The normalized spacial score (nSPS) is 15.1. The zero-order chi connectivity index (χ0) is 18.5. The molecule has 1 fully saturated rings. The van der Waals surface area contributed by atoms with Gasteiger partial charge >= 0.3 is 0 Å². The number of nitrogens with one attached hydrogen (secondary N) is 1. The standard InChI is InChI=1S/C20H27N5O/c1-4-16-8-6-7-15(3)19(16)23-18-13-17(21-14-22-18)20(26)25-11-9-24(5-2)10-12-25/h6-8,13-14H,4-5,9-12H2,1-3H3,(H,21,22,23). The summed E-state index contributed by atoms with van der Waals surface area (Å²) in [4.78, 5) is 25.5. The number of hydrogen-bond donors (Lipinski definition) is 1. The van der Waals surface area contributed by atoms with Gasteiger partial charge in [0, 0.05) is 37.9 Å². The molecule has 1 saturated heterocycles. The van der Waals surface area contributed by atoms with Crippen molar-refractivity contribution in [1.82, 2.24) is 19.8 Å². The van der Waals surface area contributed by atoms with Crippen LogP contribution < -0.4 is 5.32 Å². The Morgan fingerprint density at radius 1 is 1.15 bits per heavy atom. The molecule has 0 aliphatic carbocycles. The summed E-state index contributed by atoms with van der Waals surface area (Å²) in [5, 5.41) is 3.38. The number of para-hydroxylation sites is 1. The van der Waals surface area contributed by atoms with E-state index in [1.54, 1.807) is 6.07 Å². The first-order valence-electron chi connectivity index (χ1n) is 9.31. The van der Waals surface area contributed by atoms with E-state index in [1.807, 2.05) is 4.90 Å². The Morgan fingerprint density at radius 2 is 1.92 bits per heavy atom. The van der Waals surface area contributed by atoms with Gasteiger partial charge in [0.25, 0.3) is 5.91 Å². The van der Waals surface area contributed by atoms with Crippen LogP contribution in [0.15, 0.2) is 30.6 Å². The molecule has 6 nitrogen and oxygen atoms in total. The Balaban J connectivity index is 1.76. The van der Waals surface area contributed by atoms with Crippen molar-refractivity contribution < 1.29 is 4.79 Å². The van der Waals surface area contributed by atoms with E-state index in [1.165, 1.54) is 11.9 Å². The minimum absolute atomic E-state index is 0.0216. The molecule has 0 saturated carbocycles. The Kier molecular flexibility index (Phi) is 5.83. The number of hydrogen-bond acceptors (Lipinski definition) is 5. The molecule has 3 rings (SSSR count). The van der Waals surface area contributed by atoms with Gasteiger partial charge in [0.1, 0.15) is 17.8 Å². The van der Waals surface area contributed by atoms with Crippen molar-refractivity contribution in [1.29, 1.82) is 0 Å². The highest BCUT2D eigenvalue weighted by Crippen LogP contribution is 2.24. The molecule has 26 heavy (non-hydrogen) atoms. The van der Waals surface area contributed by atoms with Crippen LogP contribution in [0.3, 0.4) is 0 Å². The molecular formula is C20H27N5O. The van der Waals surface area contributed by atoms with Crippen molar-refractivity contribution in [2.45, 2.75) is 27.2 Å². The summed E-state index contributed by atoms with van der Waals surface area (Å²) >= 11 is 0. The van der Waals surface area contributed by atoms with Crippen molar-refractivity contribution in [2.75, 3.05) is 38.0 Å². The smallest absolute Gasteiger partial charge is 0.272 e. The Hall–Kier alpha value is -2.47. The average molecular weight is 353 g/mol. The first kappa shape index (κ1) is 18.3. The number of benzene rings is 1. The lowest BCUT2D eigenvalue weighted by Crippen LogP contribution is -2.48. The lowest BCUT2D eigenvalue weighted by atomic mass is 10.1. The predicted octanol–water partition coefficient (Wildman–Crippen LogP) is 2.87. The van der Waals surface area contributed by atoms with Crippen molar-refractivity contribution in [3.63, 3.8) is 0 Å². The SMILES string of the molecule is CCc1cccc(C)c1Nc1cc(C(=O)N2CCN(CC)CC2)ncn1. The number of carbonyl (C=O) groups is 1. The van der Waals surface area contributed by atoms with E-state index in [9.17, 15) is 4.79 Å². The molecule has 6 heteroatoms. The van der Waals surface area contributed by atoms with E-state index in [4.69, 9.17) is 0 Å². The summed E-state index contributed by atoms with van der Waals surface area (Å²) in [5.74, 6) is 0.631. The number of amides is 1. The Morgan fingerprint density at radius 3 is 2.62 bits per heavy atom. The fourth-order valence-electron chi connectivity index (χ4n) is 3.30. The molecule has 138 valence electrons. The van der Waals surface area contributed by atoms with Crippen LogP contribution in [-0.4, -0.2) is 58.4 Å². The van der Waals surface area contributed by atoms with E-state index >= 15 is 0 Å². The van der Waals surface area contributed by atoms with E-state index in [2.05, 4.69) is 59.2 Å². The highest BCUT2D eigenvalue weighted by molar-refractivity contribution is 5.93. The van der Waals surface area contributed by atoms with Crippen molar-refractivity contribution in [3.05, 3.63) is 47.4 Å². The monoisotopic (exact) mass is 353 g/mol. The fourth-order valence-corrected chi connectivity index (χ4v) is 3.30. The maximum Gasteiger partial charge on any atom is 0.272 e. The predicted molar refractivity (Wildman–Crippen MR) is 104 cm³/mol. The van der Waals surface area contributed by atoms with Gasteiger partial charge in [0.2, 0.25) is 0 Å². The van der Waals surface area contributed by atoms with Gasteiger partial charge in [0.15, 0.2) is 0 Å². The first-order chi connectivity index (χ1) is 12.6. The zero-order valence-electron chi connectivity index (χ0n) is 15.8. The van der Waals surface area contributed by atoms with Crippen LogP contribution >= 0.6 is 0 Å². The topological polar surface area (TPSA) is 61.4 Å². The van der Waals surface area contributed by atoms with E-state index in [-0.39, 0.29) is 5.91 Å². The number of likely N-dealkylation sites (N-methyl/N-ethyl adjacent to an activating group) is 1. The highest BCUT2D eigenvalue weighted by atomic mass is 16.2. The number of aromatic nitrogens is 2. The molecule has 1 aliphatic rings. The Bertz CT molecular complexity index is 769. The summed E-state index contributed by atoms with van der Waals surface area (Å²) in [6.45, 7) is 10.7. The second kappa shape index (κ2) is 8.27. The van der Waals surface area contributed by atoms with Crippen molar-refractivity contribution >= 4 is 17.4 Å². The van der Waals surface area contributed by atoms with Gasteiger partial charge in [-0.2, -0.15) is 0 Å². The van der Waals surface area contributed by atoms with Crippen LogP contribution in [0.2, 0.25) is 0 Å². The van der Waals surface area contributed by atoms with Crippen LogP contribution in [0.5, 0.6) is 0 Å². The quantitative estimate of drug-likeness (QED) is 0.896. The van der Waals surface area contributed by atoms with Crippen molar-refractivity contribution in [3.8, 4) is 0 Å². The van der Waals surface area contributed by atoms with Crippen LogP contribution in [-0.2, 0) is 6.42 Å². The molecular weight excluding hydrogens is 326 g/mol. The van der Waals surface area contributed by atoms with Crippen molar-refractivity contribution in [2.24, 2.45) is 0 Å². The molecule has 2 aromatic rings. The highest BCUT2D eigenvalue weighted by Gasteiger charge is 2.22. The molecule has 0 spiro atoms. The third-order valence-corrected chi connectivity index (χ3v) is 4.99. The summed E-state index contributed by atoms with van der Waals surface area (Å²) in [7, 11) is 0. The van der Waals surface area contributed by atoms with E-state index in [0.717, 1.165) is 50.4 Å². The lowest BCUT2D eigenvalue weighted by molar-refractivity contribution is 0.0637. The third-order valence-electron chi connectivity index (χ3n) is 4.99. The Labute approximate surface area is 155 Å². The summed E-state index contributed by atoms with van der Waals surface area (Å²) in [6, 6.07) is 7.99. The van der Waals surface area contributed by atoms with E-state index in [0.29, 0.717) is 11.5 Å². The number of nitrogens with zero attached hydrogens (tertiary/aromatic N) is 4. The van der Waals surface area contributed by atoms with E-state index < -0.39 is 0 Å². The molecule has 0 radical (unpaired) electrons. The summed E-state index contributed by atoms with van der Waals surface area (Å²) in [6.07, 6.45) is 2.39. The second-order valence-electron chi connectivity index (χ2n) is 6.60. The largest absolute Gasteiger partial charge is 0.340 e. The zero-order valence-corrected chi connectivity index (χ0v) is 15.8. The molecule has 2 heterocycles. The second-order valence-corrected chi connectivity index (χ2v) is 6.60. The minimum atomic E-state index is -0.0216. The summed E-state index contributed by atoms with van der Waals surface area (Å²) in [5.41, 5.74) is 3.89. The number of carbonyl (C=O) groups excluding carboxylic acids is 1. The van der Waals surface area contributed by atoms with Gasteiger partial charge < -0.3 is 15.1 Å². The molecule has 0 atom stereocenters. The number of rotatable bonds is 5. The molecule has 1 aromatic heterocycles. The maximum atomic E-state index is 12.8. The van der Waals surface area contributed by atoms with Gasteiger partial charge in [0.05, 0.1) is 0 Å². The molecule has 1 N–H and O–H groups in total. The molecule has 0 bridgehead atoms. The van der Waals surface area contributed by atoms with Gasteiger partial charge in [-0.1, -0.05) is 32.0 Å². The molecule has 0 unspecified atom stereocenters.